The van der Waals surface area contributed by atoms with Crippen molar-refractivity contribution in [2.75, 3.05) is 6.54 Å². The third-order valence-electron chi connectivity index (χ3n) is 9.31. The third-order valence-corrected chi connectivity index (χ3v) is 12.5. The molecule has 41 heavy (non-hydrogen) atoms. The van der Waals surface area contributed by atoms with Crippen molar-refractivity contribution in [2.24, 2.45) is 11.8 Å². The van der Waals surface area contributed by atoms with E-state index in [1.807, 2.05) is 72.8 Å². The van der Waals surface area contributed by atoms with E-state index in [0.29, 0.717) is 5.92 Å². The van der Waals surface area contributed by atoms with E-state index < -0.39 is 7.29 Å². The number of carbonyl (C=O) groups excluding carboxylic acids is 1. The molecule has 1 aliphatic carbocycles. The number of esters is 1. The SMILES string of the molecule is C[C@@H]1CC[C@@H](C(C)(C)c2ccccc2)[C@H](OC(=O)/C=C\[C@H]2CCCCN2P(=O)(c2ccccc2)c2ccccc2)C1. The lowest BCUT2D eigenvalue weighted by molar-refractivity contribution is -0.150. The number of benzene rings is 3. The molecular weight excluding hydrogens is 525 g/mol. The van der Waals surface area contributed by atoms with Crippen LogP contribution in [0, 0.1) is 11.8 Å². The molecule has 3 aromatic rings. The van der Waals surface area contributed by atoms with Gasteiger partial charge >= 0.3 is 5.97 Å². The highest BCUT2D eigenvalue weighted by atomic mass is 31.2. The maximum atomic E-state index is 15.0. The highest BCUT2D eigenvalue weighted by Crippen LogP contribution is 2.51. The minimum Gasteiger partial charge on any atom is -0.459 e. The molecule has 4 atom stereocenters. The molecule has 216 valence electrons. The van der Waals surface area contributed by atoms with Crippen LogP contribution in [0.3, 0.4) is 0 Å². The van der Waals surface area contributed by atoms with E-state index in [4.69, 9.17) is 4.74 Å². The second-order valence-electron chi connectivity index (χ2n) is 12.4. The molecule has 5 rings (SSSR count). The largest absolute Gasteiger partial charge is 0.459 e. The standard InChI is InChI=1S/C36H44NO3P/c1-28-22-24-33(36(2,3)29-15-7-4-8-16-29)34(27-28)40-35(38)25-23-30-17-13-14-26-37(30)41(39,31-18-9-5-10-19-31)32-20-11-6-12-21-32/h4-12,15-16,18-21,23,25,28,30,33-34H,13-14,17,22,24,26-27H2,1-3H3/b25-23-/t28-,30-,33-,34-/m1/s1. The Morgan fingerprint density at radius 1 is 0.854 bits per heavy atom. The van der Waals surface area contributed by atoms with Crippen LogP contribution >= 0.6 is 7.29 Å². The summed E-state index contributed by atoms with van der Waals surface area (Å²) in [4.78, 5) is 13.4. The van der Waals surface area contributed by atoms with E-state index in [1.165, 1.54) is 5.56 Å². The van der Waals surface area contributed by atoms with Gasteiger partial charge in [0.25, 0.3) is 0 Å². The summed E-state index contributed by atoms with van der Waals surface area (Å²) in [6.07, 6.45) is 9.37. The molecule has 4 nitrogen and oxygen atoms in total. The van der Waals surface area contributed by atoms with Gasteiger partial charge in [0.15, 0.2) is 0 Å². The summed E-state index contributed by atoms with van der Waals surface area (Å²) in [5, 5.41) is 1.66. The summed E-state index contributed by atoms with van der Waals surface area (Å²) >= 11 is 0. The Labute approximate surface area is 246 Å². The van der Waals surface area contributed by atoms with Crippen LogP contribution in [0.1, 0.15) is 64.9 Å². The normalized spacial score (nSPS) is 24.3. The van der Waals surface area contributed by atoms with Crippen molar-refractivity contribution in [3.05, 3.63) is 109 Å². The molecular formula is C36H44NO3P. The summed E-state index contributed by atoms with van der Waals surface area (Å²) in [6.45, 7) is 7.54. The molecule has 0 unspecified atom stereocenters. The average molecular weight is 570 g/mol. The smallest absolute Gasteiger partial charge is 0.330 e. The van der Waals surface area contributed by atoms with E-state index in [1.54, 1.807) is 6.08 Å². The molecule has 0 amide bonds. The third kappa shape index (κ3) is 6.45. The molecule has 5 heteroatoms. The first-order valence-electron chi connectivity index (χ1n) is 15.2. The van der Waals surface area contributed by atoms with Crippen molar-refractivity contribution >= 4 is 23.9 Å². The Morgan fingerprint density at radius 3 is 2.05 bits per heavy atom. The number of piperidine rings is 1. The van der Waals surface area contributed by atoms with Crippen LogP contribution < -0.4 is 10.6 Å². The highest BCUT2D eigenvalue weighted by molar-refractivity contribution is 7.76. The van der Waals surface area contributed by atoms with Crippen LogP contribution in [-0.4, -0.2) is 29.3 Å². The zero-order valence-electron chi connectivity index (χ0n) is 24.7. The fourth-order valence-electron chi connectivity index (χ4n) is 6.94. The molecule has 1 heterocycles. The number of carbonyl (C=O) groups is 1. The fraction of sp³-hybridized carbons (Fsp3) is 0.417. The lowest BCUT2D eigenvalue weighted by atomic mass is 9.64. The van der Waals surface area contributed by atoms with E-state index >= 15 is 4.57 Å². The highest BCUT2D eigenvalue weighted by Gasteiger charge is 2.42. The van der Waals surface area contributed by atoms with E-state index in [9.17, 15) is 4.79 Å². The van der Waals surface area contributed by atoms with Crippen molar-refractivity contribution in [2.45, 2.75) is 76.9 Å². The number of hydrogen-bond donors (Lipinski definition) is 0. The summed E-state index contributed by atoms with van der Waals surface area (Å²) in [7, 11) is -3.09. The van der Waals surface area contributed by atoms with Crippen LogP contribution in [0.2, 0.25) is 0 Å². The van der Waals surface area contributed by atoms with Crippen LogP contribution in [0.4, 0.5) is 0 Å². The number of hydrogen-bond acceptors (Lipinski definition) is 3. The van der Waals surface area contributed by atoms with Crippen LogP contribution in [0.5, 0.6) is 0 Å². The van der Waals surface area contributed by atoms with Gasteiger partial charge in [0.2, 0.25) is 7.29 Å². The molecule has 1 aliphatic heterocycles. The Morgan fingerprint density at radius 2 is 1.44 bits per heavy atom. The molecule has 0 N–H and O–H groups in total. The van der Waals surface area contributed by atoms with Gasteiger partial charge in [-0.05, 0) is 66.8 Å². The minimum absolute atomic E-state index is 0.103. The maximum Gasteiger partial charge on any atom is 0.330 e. The van der Waals surface area contributed by atoms with Crippen molar-refractivity contribution < 1.29 is 14.1 Å². The lowest BCUT2D eigenvalue weighted by Gasteiger charge is -2.44. The van der Waals surface area contributed by atoms with Gasteiger partial charge in [-0.2, -0.15) is 0 Å². The minimum atomic E-state index is -3.09. The Balaban J connectivity index is 1.37. The van der Waals surface area contributed by atoms with Gasteiger partial charge in [0.05, 0.1) is 0 Å². The predicted molar refractivity (Wildman–Crippen MR) is 169 cm³/mol. The topological polar surface area (TPSA) is 46.6 Å². The van der Waals surface area contributed by atoms with Crippen molar-refractivity contribution in [3.63, 3.8) is 0 Å². The van der Waals surface area contributed by atoms with Crippen molar-refractivity contribution in [3.8, 4) is 0 Å². The summed E-state index contributed by atoms with van der Waals surface area (Å²) < 4.78 is 23.4. The van der Waals surface area contributed by atoms with Gasteiger partial charge < -0.3 is 4.74 Å². The monoisotopic (exact) mass is 569 g/mol. The predicted octanol–water partition coefficient (Wildman–Crippen LogP) is 7.65. The van der Waals surface area contributed by atoms with Gasteiger partial charge in [0, 0.05) is 35.2 Å². The zero-order chi connectivity index (χ0) is 28.9. The molecule has 2 fully saturated rings. The second kappa shape index (κ2) is 12.9. The molecule has 3 aromatic carbocycles. The summed E-state index contributed by atoms with van der Waals surface area (Å²) in [5.41, 5.74) is 1.18. The average Bonchev–Trinajstić information content (AvgIpc) is 3.01. The number of ether oxygens (including phenoxy) is 1. The first-order valence-corrected chi connectivity index (χ1v) is 16.9. The molecule has 1 saturated carbocycles. The molecule has 0 radical (unpaired) electrons. The first-order chi connectivity index (χ1) is 19.8. The Hall–Kier alpha value is -2.94. The number of nitrogens with zero attached hydrogens (tertiary/aromatic N) is 1. The van der Waals surface area contributed by atoms with Gasteiger partial charge in [-0.15, -0.1) is 0 Å². The Bertz CT molecular complexity index is 1310. The van der Waals surface area contributed by atoms with Crippen molar-refractivity contribution in [1.29, 1.82) is 0 Å². The van der Waals surface area contributed by atoms with Crippen LogP contribution in [0.15, 0.2) is 103 Å². The molecule has 0 aromatic heterocycles. The number of rotatable bonds is 8. The van der Waals surface area contributed by atoms with E-state index in [2.05, 4.69) is 49.7 Å². The second-order valence-corrected chi connectivity index (χ2v) is 15.1. The van der Waals surface area contributed by atoms with Crippen LogP contribution in [-0.2, 0) is 19.5 Å². The fourth-order valence-corrected chi connectivity index (χ4v) is 10.0. The van der Waals surface area contributed by atoms with Crippen molar-refractivity contribution in [1.82, 2.24) is 4.67 Å². The van der Waals surface area contributed by atoms with Gasteiger partial charge in [-0.25, -0.2) is 9.46 Å². The molecule has 0 spiro atoms. The van der Waals surface area contributed by atoms with E-state index in [-0.39, 0.29) is 29.4 Å². The maximum absolute atomic E-state index is 15.0. The molecule has 2 aliphatic rings. The lowest BCUT2D eigenvalue weighted by Crippen LogP contribution is -2.43. The van der Waals surface area contributed by atoms with E-state index in [0.717, 1.165) is 55.7 Å². The molecule has 0 bridgehead atoms. The Kier molecular flexibility index (Phi) is 9.32. The molecule has 1 saturated heterocycles. The summed E-state index contributed by atoms with van der Waals surface area (Å²) in [5.74, 6) is 0.481. The zero-order valence-corrected chi connectivity index (χ0v) is 25.6. The van der Waals surface area contributed by atoms with Crippen LogP contribution in [0.25, 0.3) is 0 Å². The first kappa shape index (κ1) is 29.5. The van der Waals surface area contributed by atoms with Gasteiger partial charge in [-0.1, -0.05) is 106 Å². The quantitative estimate of drug-likeness (QED) is 0.159. The van der Waals surface area contributed by atoms with Gasteiger partial charge in [0.1, 0.15) is 6.10 Å². The van der Waals surface area contributed by atoms with Gasteiger partial charge in [-0.3, -0.25) is 4.57 Å². The summed E-state index contributed by atoms with van der Waals surface area (Å²) in [6, 6.07) is 30.1.